The Morgan fingerprint density at radius 1 is 0.566 bits per heavy atom. The Hall–Kier alpha value is -2.46. The second-order valence-electron chi connectivity index (χ2n) is 16.9. The molecule has 12 radical (unpaired) electrons. The van der Waals surface area contributed by atoms with E-state index < -0.39 is 115 Å². The SMILES string of the molecule is [B]C1CC(OC)C(COP(=O)(O)OC2CC([B])OC2COP(=O)(O)OC2CC([B])OC2COP(=O)(O)OC)O1.[B]CC(=O)N(CCNC(=O)CN(CCNC(=O)CN(CCNCC)C(=O)C[B])C(=O)C[B])CC(=O)CC. The van der Waals surface area contributed by atoms with Crippen LogP contribution >= 0.6 is 23.5 Å². The van der Waals surface area contributed by atoms with Gasteiger partial charge >= 0.3 is 23.5 Å². The molecule has 0 spiro atoms. The standard InChI is InChI=1S/C22H37B3N6O6.C17H30B3O16P3/c1-3-17(32)14-29(20(35)11-23)9-6-27-19(34)16-31(22(37)13-25)10-7-28-18(33)15-30(21(36)12-24)8-5-26-4-2;1-27-9-3-15(18)32-12(9)6-30-38(23,24)36-11-5-17(20)34-14(11)8-31-39(25,26)35-10-4-16(19)33-13(10)7-29-37(21,22)28-2/h26H,3-16H2,1-2H3,(H,27,34)(H,28,33);9-17H,3-8H2,1-2H3,(H,21,22)(H,23,24)(H,25,26). The minimum absolute atomic E-state index is 0.0141. The van der Waals surface area contributed by atoms with Crippen LogP contribution in [-0.2, 0) is 88.6 Å². The zero-order valence-corrected chi connectivity index (χ0v) is 45.8. The van der Waals surface area contributed by atoms with E-state index in [4.69, 9.17) is 88.6 Å². The third kappa shape index (κ3) is 26.7. The van der Waals surface area contributed by atoms with Crippen molar-refractivity contribution < 1.29 is 103 Å². The molecule has 3 saturated heterocycles. The molecule has 12 unspecified atom stereocenters. The van der Waals surface area contributed by atoms with Gasteiger partial charge in [-0.15, -0.1) is 0 Å². The van der Waals surface area contributed by atoms with E-state index in [1.165, 1.54) is 21.8 Å². The van der Waals surface area contributed by atoms with Gasteiger partial charge in [-0.25, -0.2) is 13.7 Å². The van der Waals surface area contributed by atoms with E-state index in [0.29, 0.717) is 19.5 Å². The van der Waals surface area contributed by atoms with Crippen molar-refractivity contribution in [1.29, 1.82) is 0 Å². The molecular weight excluding hydrogens is 1060 g/mol. The van der Waals surface area contributed by atoms with Crippen LogP contribution in [0.1, 0.15) is 39.5 Å². The lowest BCUT2D eigenvalue weighted by atomic mass is 9.96. The predicted molar refractivity (Wildman–Crippen MR) is 273 cm³/mol. The van der Waals surface area contributed by atoms with Gasteiger partial charge in [-0.2, -0.15) is 0 Å². The Bertz CT molecular complexity index is 2000. The number of nitrogens with one attached hydrogen (secondary N) is 3. The number of phosphoric acid groups is 3. The minimum atomic E-state index is -4.81. The average molecular weight is 1130 g/mol. The van der Waals surface area contributed by atoms with Gasteiger partial charge in [-0.05, 0) is 44.8 Å². The number of likely N-dealkylation sites (N-methyl/N-ethyl adjacent to an activating group) is 1. The summed E-state index contributed by atoms with van der Waals surface area (Å²) in [6.07, 6.45) is -6.00. The van der Waals surface area contributed by atoms with Crippen LogP contribution in [0.3, 0.4) is 0 Å². The zero-order chi connectivity index (χ0) is 57.2. The second kappa shape index (κ2) is 35.3. The number of ketones is 1. The minimum Gasteiger partial charge on any atom is -0.380 e. The molecule has 12 atom stereocenters. The fraction of sp³-hybridized carbons (Fsp3) is 0.846. The van der Waals surface area contributed by atoms with Crippen LogP contribution in [0.4, 0.5) is 0 Å². The number of nitrogens with zero attached hydrogens (tertiary/aromatic N) is 3. The highest BCUT2D eigenvalue weighted by atomic mass is 31.2. The van der Waals surface area contributed by atoms with Crippen LogP contribution in [0.5, 0.6) is 0 Å². The van der Waals surface area contributed by atoms with Gasteiger partial charge in [0, 0.05) is 77.9 Å². The number of hydrogen-bond donors (Lipinski definition) is 6. The number of carbonyl (C=O) groups excluding carboxylic acids is 6. The number of ether oxygens (including phenoxy) is 4. The summed E-state index contributed by atoms with van der Waals surface area (Å²) in [7, 11) is 22.0. The fourth-order valence-electron chi connectivity index (χ4n) is 7.21. The zero-order valence-electron chi connectivity index (χ0n) is 43.1. The topological polar surface area (TPSA) is 352 Å². The largest absolute Gasteiger partial charge is 0.472 e. The van der Waals surface area contributed by atoms with E-state index in [1.54, 1.807) is 6.92 Å². The van der Waals surface area contributed by atoms with Crippen LogP contribution in [0.15, 0.2) is 0 Å². The summed E-state index contributed by atoms with van der Waals surface area (Å²) in [5, 5.41) is 8.28. The number of phosphoric ester groups is 3. The van der Waals surface area contributed by atoms with E-state index in [1.807, 2.05) is 6.92 Å². The highest BCUT2D eigenvalue weighted by Gasteiger charge is 2.44. The van der Waals surface area contributed by atoms with Crippen LogP contribution < -0.4 is 16.0 Å². The van der Waals surface area contributed by atoms with Gasteiger partial charge in [-0.1, -0.05) is 13.8 Å². The summed E-state index contributed by atoms with van der Waals surface area (Å²) in [5.41, 5.74) is 0. The highest BCUT2D eigenvalue weighted by Crippen LogP contribution is 2.51. The average Bonchev–Trinajstić information content (AvgIpc) is 4.04. The lowest BCUT2D eigenvalue weighted by Gasteiger charge is -2.25. The monoisotopic (exact) mass is 1130 g/mol. The Kier molecular flexibility index (Phi) is 32.4. The van der Waals surface area contributed by atoms with Crippen molar-refractivity contribution in [3.63, 3.8) is 0 Å². The van der Waals surface area contributed by atoms with Gasteiger partial charge in [-0.3, -0.25) is 55.9 Å². The van der Waals surface area contributed by atoms with Crippen LogP contribution in [0.25, 0.3) is 0 Å². The first-order chi connectivity index (χ1) is 35.7. The third-order valence-electron chi connectivity index (χ3n) is 11.2. The van der Waals surface area contributed by atoms with Gasteiger partial charge in [0.15, 0.2) is 5.78 Å². The molecule has 0 aromatic rings. The van der Waals surface area contributed by atoms with Gasteiger partial charge in [0.2, 0.25) is 29.5 Å². The van der Waals surface area contributed by atoms with E-state index >= 15 is 0 Å². The molecule has 3 aliphatic heterocycles. The number of hydrogen-bond acceptors (Lipinski definition) is 20. The summed E-state index contributed by atoms with van der Waals surface area (Å²) in [5.74, 6) is -2.35. The van der Waals surface area contributed by atoms with E-state index in [2.05, 4.69) is 20.5 Å². The molecule has 28 nitrogen and oxygen atoms in total. The van der Waals surface area contributed by atoms with Crippen molar-refractivity contribution in [3.05, 3.63) is 0 Å². The number of methoxy groups -OCH3 is 1. The summed E-state index contributed by atoms with van der Waals surface area (Å²) >= 11 is 0. The number of amides is 5. The smallest absolute Gasteiger partial charge is 0.380 e. The lowest BCUT2D eigenvalue weighted by Crippen LogP contribution is -2.47. The van der Waals surface area contributed by atoms with Crippen molar-refractivity contribution in [3.8, 4) is 0 Å². The Balaban J connectivity index is 0.000000521. The highest BCUT2D eigenvalue weighted by molar-refractivity contribution is 7.48. The summed E-state index contributed by atoms with van der Waals surface area (Å²) in [6, 6.07) is -2.46. The van der Waals surface area contributed by atoms with Crippen molar-refractivity contribution in [2.24, 2.45) is 0 Å². The molecule has 418 valence electrons. The summed E-state index contributed by atoms with van der Waals surface area (Å²) in [4.78, 5) is 106. The molecule has 0 saturated carbocycles. The maximum Gasteiger partial charge on any atom is 0.472 e. The van der Waals surface area contributed by atoms with Crippen molar-refractivity contribution in [2.75, 3.05) is 99.5 Å². The number of carbonyl (C=O) groups is 6. The van der Waals surface area contributed by atoms with E-state index in [0.717, 1.165) is 13.7 Å². The van der Waals surface area contributed by atoms with E-state index in [9.17, 15) is 57.1 Å². The van der Waals surface area contributed by atoms with Gasteiger partial charge in [0.05, 0.1) is 81.3 Å². The molecule has 3 aliphatic rings. The van der Waals surface area contributed by atoms with Gasteiger partial charge < -0.3 is 64.3 Å². The molecule has 3 heterocycles. The normalized spacial score (nSPS) is 25.4. The predicted octanol–water partition coefficient (Wildman–Crippen LogP) is -3.33. The molecule has 6 N–H and O–H groups in total. The molecule has 0 bridgehead atoms. The lowest BCUT2D eigenvalue weighted by molar-refractivity contribution is -0.135. The molecule has 0 aliphatic carbocycles. The van der Waals surface area contributed by atoms with Crippen molar-refractivity contribution >= 4 is 106 Å². The molecule has 76 heavy (non-hydrogen) atoms. The van der Waals surface area contributed by atoms with Crippen molar-refractivity contribution in [2.45, 2.75) is 113 Å². The van der Waals surface area contributed by atoms with Gasteiger partial charge in [0.25, 0.3) is 0 Å². The number of Topliss-reactive ketones (excluding diaryl/α,β-unsaturated/α-hetero) is 1. The molecule has 3 fully saturated rings. The molecule has 37 heteroatoms. The fourth-order valence-corrected chi connectivity index (χ4v) is 9.57. The van der Waals surface area contributed by atoms with Crippen LogP contribution in [0, 0.1) is 0 Å². The van der Waals surface area contributed by atoms with Crippen LogP contribution in [-0.4, -0.2) is 266 Å². The summed E-state index contributed by atoms with van der Waals surface area (Å²) < 4.78 is 87.3. The molecule has 0 aromatic heterocycles. The van der Waals surface area contributed by atoms with Crippen molar-refractivity contribution in [1.82, 2.24) is 30.7 Å². The first-order valence-electron chi connectivity index (χ1n) is 24.0. The first-order valence-corrected chi connectivity index (χ1v) is 28.5. The Labute approximate surface area is 451 Å². The number of rotatable bonds is 35. The molecule has 5 amide bonds. The summed E-state index contributed by atoms with van der Waals surface area (Å²) in [6.45, 7) is 3.22. The van der Waals surface area contributed by atoms with E-state index in [-0.39, 0.29) is 102 Å². The molecule has 3 rings (SSSR count). The second-order valence-corrected chi connectivity index (χ2v) is 21.3. The maximum atomic E-state index is 12.6. The Morgan fingerprint density at radius 3 is 1.28 bits per heavy atom. The van der Waals surface area contributed by atoms with Gasteiger partial charge in [0.1, 0.15) is 41.9 Å². The third-order valence-corrected chi connectivity index (χ3v) is 14.2. The molecular formula is C39H67B6N6O22P3. The maximum absolute atomic E-state index is 12.6. The first kappa shape index (κ1) is 69.6. The Morgan fingerprint density at radius 2 is 0.921 bits per heavy atom. The quantitative estimate of drug-likeness (QED) is 0.0205. The van der Waals surface area contributed by atoms with Crippen LogP contribution in [0.2, 0.25) is 19.0 Å². The molecule has 0 aromatic carbocycles.